The highest BCUT2D eigenvalue weighted by molar-refractivity contribution is 6.36. The van der Waals surface area contributed by atoms with E-state index in [-0.39, 0.29) is 6.54 Å². The largest absolute Gasteiger partial charge is 0.486 e. The molecule has 0 atom stereocenters. The highest BCUT2D eigenvalue weighted by atomic mass is 35.5. The Morgan fingerprint density at radius 2 is 2.00 bits per heavy atom. The summed E-state index contributed by atoms with van der Waals surface area (Å²) in [5.74, 6) is 1.08. The van der Waals surface area contributed by atoms with Crippen molar-refractivity contribution in [3.8, 4) is 22.6 Å². The molecule has 1 aliphatic rings. The van der Waals surface area contributed by atoms with E-state index in [0.29, 0.717) is 35.5 Å². The Hall–Kier alpha value is -4.04. The van der Waals surface area contributed by atoms with E-state index in [1.807, 2.05) is 61.6 Å². The van der Waals surface area contributed by atoms with Crippen LogP contribution in [0.3, 0.4) is 0 Å². The van der Waals surface area contributed by atoms with E-state index in [4.69, 9.17) is 26.2 Å². The van der Waals surface area contributed by atoms with Gasteiger partial charge in [-0.2, -0.15) is 5.10 Å². The quantitative estimate of drug-likeness (QED) is 0.384. The Morgan fingerprint density at radius 3 is 2.82 bits per heavy atom. The molecule has 0 saturated carbocycles. The summed E-state index contributed by atoms with van der Waals surface area (Å²) >= 11 is 6.82. The van der Waals surface area contributed by atoms with Gasteiger partial charge in [0.2, 0.25) is 0 Å². The molecule has 0 bridgehead atoms. The number of carbonyl (C=O) groups is 1. The lowest BCUT2D eigenvalue weighted by molar-refractivity contribution is -0.135. The number of rotatable bonds is 6. The van der Waals surface area contributed by atoms with E-state index in [2.05, 4.69) is 15.4 Å². The number of aliphatic imine (C=N–C) groups is 1. The molecule has 0 saturated heterocycles. The fourth-order valence-corrected chi connectivity index (χ4v) is 4.16. The molecule has 9 heteroatoms. The van der Waals surface area contributed by atoms with E-state index < -0.39 is 5.97 Å². The number of nitrogens with zero attached hydrogens (tertiary/aromatic N) is 3. The SMILES string of the molecule is Cn1nc(Nc2cccc(-c3ccc4c(c3)OCCO4)c2Cl)c2cc(C=NCC(=O)O)ccc21. The van der Waals surface area contributed by atoms with E-state index in [1.54, 1.807) is 10.9 Å². The van der Waals surface area contributed by atoms with Crippen LogP contribution in [0.15, 0.2) is 59.6 Å². The van der Waals surface area contributed by atoms with Gasteiger partial charge < -0.3 is 19.9 Å². The number of halogens is 1. The zero-order chi connectivity index (χ0) is 23.7. The molecule has 5 rings (SSSR count). The van der Waals surface area contributed by atoms with Gasteiger partial charge in [0.05, 0.1) is 16.2 Å². The Bertz CT molecular complexity index is 1430. The second kappa shape index (κ2) is 9.07. The Labute approximate surface area is 200 Å². The third-order valence-corrected chi connectivity index (χ3v) is 5.85. The average Bonchev–Trinajstić information content (AvgIpc) is 3.14. The molecule has 0 unspecified atom stereocenters. The number of hydrogen-bond donors (Lipinski definition) is 2. The van der Waals surface area contributed by atoms with Gasteiger partial charge >= 0.3 is 5.97 Å². The first kappa shape index (κ1) is 21.8. The van der Waals surface area contributed by atoms with Crippen molar-refractivity contribution in [1.82, 2.24) is 9.78 Å². The van der Waals surface area contributed by atoms with Crippen LogP contribution in [0.1, 0.15) is 5.56 Å². The van der Waals surface area contributed by atoms with Gasteiger partial charge in [-0.3, -0.25) is 14.5 Å². The maximum absolute atomic E-state index is 10.7. The number of aromatic nitrogens is 2. The highest BCUT2D eigenvalue weighted by Gasteiger charge is 2.16. The van der Waals surface area contributed by atoms with Crippen LogP contribution in [-0.2, 0) is 11.8 Å². The van der Waals surface area contributed by atoms with Crippen LogP contribution in [0.5, 0.6) is 11.5 Å². The Balaban J connectivity index is 1.48. The van der Waals surface area contributed by atoms with Gasteiger partial charge in [-0.1, -0.05) is 35.9 Å². The molecule has 2 N–H and O–H groups in total. The van der Waals surface area contributed by atoms with Gasteiger partial charge in [0.15, 0.2) is 17.3 Å². The van der Waals surface area contributed by atoms with E-state index in [0.717, 1.165) is 33.3 Å². The normalized spacial score (nSPS) is 12.9. The summed E-state index contributed by atoms with van der Waals surface area (Å²) in [7, 11) is 1.86. The zero-order valence-electron chi connectivity index (χ0n) is 18.3. The first-order chi connectivity index (χ1) is 16.5. The Kier molecular flexibility index (Phi) is 5.81. The number of aliphatic carboxylic acids is 1. The lowest BCUT2D eigenvalue weighted by Gasteiger charge is -2.19. The van der Waals surface area contributed by atoms with Crippen LogP contribution in [-0.4, -0.2) is 46.8 Å². The molecule has 3 aromatic carbocycles. The van der Waals surface area contributed by atoms with Gasteiger partial charge in [0, 0.05) is 24.2 Å². The summed E-state index contributed by atoms with van der Waals surface area (Å²) in [6, 6.07) is 17.2. The molecule has 0 aliphatic carbocycles. The molecule has 0 amide bonds. The average molecular weight is 477 g/mol. The molecule has 8 nitrogen and oxygen atoms in total. The van der Waals surface area contributed by atoms with Gasteiger partial charge in [0.1, 0.15) is 19.8 Å². The van der Waals surface area contributed by atoms with E-state index in [1.165, 1.54) is 0 Å². The van der Waals surface area contributed by atoms with Gasteiger partial charge in [-0.05, 0) is 41.5 Å². The molecule has 1 aromatic heterocycles. The standard InChI is InChI=1S/C25H21ClN4O4/c1-30-20-7-5-15(13-27-14-23(31)32)11-18(20)25(29-30)28-19-4-2-3-17(24(19)26)16-6-8-21-22(12-16)34-10-9-33-21/h2-8,11-13H,9-10,14H2,1H3,(H,28,29)(H,31,32). The molecule has 1 aliphatic heterocycles. The number of fused-ring (bicyclic) bond motifs is 2. The molecule has 34 heavy (non-hydrogen) atoms. The second-order valence-corrected chi connectivity index (χ2v) is 8.14. The summed E-state index contributed by atoms with van der Waals surface area (Å²) in [5, 5.41) is 18.2. The van der Waals surface area contributed by atoms with Crippen LogP contribution in [0.2, 0.25) is 5.02 Å². The number of nitrogens with one attached hydrogen (secondary N) is 1. The van der Waals surface area contributed by atoms with E-state index >= 15 is 0 Å². The predicted molar refractivity (Wildman–Crippen MR) is 132 cm³/mol. The number of hydrogen-bond acceptors (Lipinski definition) is 6. The number of ether oxygens (including phenoxy) is 2. The number of aryl methyl sites for hydroxylation is 1. The van der Waals surface area contributed by atoms with Crippen molar-refractivity contribution < 1.29 is 19.4 Å². The van der Waals surface area contributed by atoms with Crippen LogP contribution in [0.25, 0.3) is 22.0 Å². The van der Waals surface area contributed by atoms with Crippen molar-refractivity contribution in [3.63, 3.8) is 0 Å². The maximum Gasteiger partial charge on any atom is 0.325 e. The van der Waals surface area contributed by atoms with E-state index in [9.17, 15) is 4.79 Å². The van der Waals surface area contributed by atoms with Crippen LogP contribution < -0.4 is 14.8 Å². The van der Waals surface area contributed by atoms with Crippen molar-refractivity contribution in [3.05, 3.63) is 65.2 Å². The predicted octanol–water partition coefficient (Wildman–Crippen LogP) is 4.91. The van der Waals surface area contributed by atoms with Crippen LogP contribution >= 0.6 is 11.6 Å². The van der Waals surface area contributed by atoms with Gasteiger partial charge in [0.25, 0.3) is 0 Å². The molecular formula is C25H21ClN4O4. The third-order valence-electron chi connectivity index (χ3n) is 5.45. The summed E-state index contributed by atoms with van der Waals surface area (Å²) in [4.78, 5) is 14.7. The van der Waals surface area contributed by atoms with Gasteiger partial charge in [-0.15, -0.1) is 0 Å². The maximum atomic E-state index is 10.7. The monoisotopic (exact) mass is 476 g/mol. The summed E-state index contributed by atoms with van der Waals surface area (Å²) in [6.45, 7) is 0.775. The summed E-state index contributed by atoms with van der Waals surface area (Å²) in [5.41, 5.74) is 4.17. The molecule has 0 radical (unpaired) electrons. The van der Waals surface area contributed by atoms with Gasteiger partial charge in [-0.25, -0.2) is 0 Å². The van der Waals surface area contributed by atoms with Crippen LogP contribution in [0.4, 0.5) is 11.5 Å². The van der Waals surface area contributed by atoms with Crippen molar-refractivity contribution in [1.29, 1.82) is 0 Å². The molecule has 0 fully saturated rings. The first-order valence-electron chi connectivity index (χ1n) is 10.6. The minimum absolute atomic E-state index is 0.279. The number of benzene rings is 3. The van der Waals surface area contributed by atoms with Crippen LogP contribution in [0, 0.1) is 0 Å². The fourth-order valence-electron chi connectivity index (χ4n) is 3.87. The smallest absolute Gasteiger partial charge is 0.325 e. The molecule has 4 aromatic rings. The number of anilines is 2. The second-order valence-electron chi connectivity index (χ2n) is 7.76. The molecular weight excluding hydrogens is 456 g/mol. The zero-order valence-corrected chi connectivity index (χ0v) is 19.0. The topological polar surface area (TPSA) is 98.0 Å². The summed E-state index contributed by atoms with van der Waals surface area (Å²) < 4.78 is 13.1. The lowest BCUT2D eigenvalue weighted by Crippen LogP contribution is -2.15. The number of carboxylic acids is 1. The summed E-state index contributed by atoms with van der Waals surface area (Å²) in [6.07, 6.45) is 1.54. The fraction of sp³-hybridized carbons (Fsp3) is 0.160. The third kappa shape index (κ3) is 4.27. The Morgan fingerprint density at radius 1 is 1.18 bits per heavy atom. The minimum Gasteiger partial charge on any atom is -0.486 e. The van der Waals surface area contributed by atoms with Crippen molar-refractivity contribution in [2.75, 3.05) is 25.1 Å². The van der Waals surface area contributed by atoms with Crippen molar-refractivity contribution >= 4 is 46.2 Å². The molecule has 2 heterocycles. The molecule has 0 spiro atoms. The van der Waals surface area contributed by atoms with Crippen molar-refractivity contribution in [2.45, 2.75) is 0 Å². The first-order valence-corrected chi connectivity index (χ1v) is 11.0. The van der Waals surface area contributed by atoms with Crippen molar-refractivity contribution in [2.24, 2.45) is 12.0 Å². The highest BCUT2D eigenvalue weighted by Crippen LogP contribution is 2.40. The minimum atomic E-state index is -0.978. The number of carboxylic acid groups (broad SMARTS) is 1. The lowest BCUT2D eigenvalue weighted by atomic mass is 10.0. The molecule has 172 valence electrons.